The molecule has 0 spiro atoms. The number of nitrogens with zero attached hydrogens (tertiary/aromatic N) is 3. The van der Waals surface area contributed by atoms with E-state index in [1.165, 1.54) is 4.31 Å². The lowest BCUT2D eigenvalue weighted by Gasteiger charge is -2.30. The number of carbonyl (C=O) groups is 1. The van der Waals surface area contributed by atoms with Gasteiger partial charge in [0.2, 0.25) is 10.0 Å². The van der Waals surface area contributed by atoms with Gasteiger partial charge in [0.15, 0.2) is 0 Å². The molecular weight excluding hydrogens is 396 g/mol. The van der Waals surface area contributed by atoms with Gasteiger partial charge < -0.3 is 5.32 Å². The largest absolute Gasteiger partial charge is 0.322 e. The van der Waals surface area contributed by atoms with Crippen LogP contribution in [0.25, 0.3) is 11.0 Å². The highest BCUT2D eigenvalue weighted by atomic mass is 32.2. The SMILES string of the molecule is CCCS(=O)(=O)N1CCCc2cc(NC(=O)c3ccc4nsnc4c3)ccc21. The van der Waals surface area contributed by atoms with Crippen molar-refractivity contribution in [1.29, 1.82) is 0 Å². The van der Waals surface area contributed by atoms with E-state index in [1.54, 1.807) is 30.3 Å². The Bertz CT molecular complexity index is 1140. The molecule has 0 bridgehead atoms. The van der Waals surface area contributed by atoms with Crippen LogP contribution in [0.15, 0.2) is 36.4 Å². The normalized spacial score (nSPS) is 14.1. The van der Waals surface area contributed by atoms with E-state index in [4.69, 9.17) is 0 Å². The van der Waals surface area contributed by atoms with Crippen molar-refractivity contribution in [3.63, 3.8) is 0 Å². The third-order valence-corrected chi connectivity index (χ3v) is 7.26. The van der Waals surface area contributed by atoms with Gasteiger partial charge in [-0.15, -0.1) is 0 Å². The molecule has 0 radical (unpaired) electrons. The first-order valence-electron chi connectivity index (χ1n) is 9.15. The fourth-order valence-corrected chi connectivity index (χ4v) is 5.56. The maximum absolute atomic E-state index is 12.6. The van der Waals surface area contributed by atoms with Crippen LogP contribution in [0.1, 0.15) is 35.7 Å². The van der Waals surface area contributed by atoms with Crippen molar-refractivity contribution < 1.29 is 13.2 Å². The molecule has 4 rings (SSSR count). The zero-order valence-corrected chi connectivity index (χ0v) is 17.0. The summed E-state index contributed by atoms with van der Waals surface area (Å²) in [7, 11) is -3.31. The molecule has 3 aromatic rings. The highest BCUT2D eigenvalue weighted by Crippen LogP contribution is 2.32. The molecule has 1 aliphatic rings. The van der Waals surface area contributed by atoms with Gasteiger partial charge in [-0.25, -0.2) is 8.42 Å². The van der Waals surface area contributed by atoms with Gasteiger partial charge in [0.25, 0.3) is 5.91 Å². The summed E-state index contributed by atoms with van der Waals surface area (Å²) in [5.74, 6) is -0.0973. The number of amides is 1. The van der Waals surface area contributed by atoms with Crippen LogP contribution in [0.3, 0.4) is 0 Å². The van der Waals surface area contributed by atoms with E-state index in [-0.39, 0.29) is 11.7 Å². The van der Waals surface area contributed by atoms with Crippen LogP contribution in [0.5, 0.6) is 0 Å². The van der Waals surface area contributed by atoms with Gasteiger partial charge in [-0.2, -0.15) is 8.75 Å². The van der Waals surface area contributed by atoms with Gasteiger partial charge in [0.1, 0.15) is 11.0 Å². The van der Waals surface area contributed by atoms with Crippen LogP contribution in [0.4, 0.5) is 11.4 Å². The number of nitrogens with one attached hydrogen (secondary N) is 1. The number of anilines is 2. The molecule has 9 heteroatoms. The van der Waals surface area contributed by atoms with E-state index < -0.39 is 10.0 Å². The lowest BCUT2D eigenvalue weighted by Crippen LogP contribution is -2.37. The van der Waals surface area contributed by atoms with Crippen molar-refractivity contribution in [3.05, 3.63) is 47.5 Å². The highest BCUT2D eigenvalue weighted by Gasteiger charge is 2.27. The van der Waals surface area contributed by atoms with Crippen molar-refractivity contribution in [2.75, 3.05) is 21.9 Å². The number of hydrogen-bond donors (Lipinski definition) is 1. The van der Waals surface area contributed by atoms with Crippen LogP contribution in [-0.2, 0) is 16.4 Å². The Labute approximate surface area is 167 Å². The molecule has 0 saturated carbocycles. The van der Waals surface area contributed by atoms with Crippen molar-refractivity contribution in [2.24, 2.45) is 0 Å². The number of aryl methyl sites for hydroxylation is 1. The average molecular weight is 417 g/mol. The molecule has 0 aliphatic carbocycles. The summed E-state index contributed by atoms with van der Waals surface area (Å²) in [5.41, 5.74) is 4.26. The maximum Gasteiger partial charge on any atom is 0.255 e. The number of carbonyl (C=O) groups excluding carboxylic acids is 1. The number of rotatable bonds is 5. The Morgan fingerprint density at radius 3 is 2.82 bits per heavy atom. The molecule has 146 valence electrons. The van der Waals surface area contributed by atoms with Crippen LogP contribution < -0.4 is 9.62 Å². The number of aromatic nitrogens is 2. The third-order valence-electron chi connectivity index (χ3n) is 4.73. The second-order valence-corrected chi connectivity index (χ2v) is 9.30. The number of fused-ring (bicyclic) bond motifs is 2. The first-order valence-corrected chi connectivity index (χ1v) is 11.5. The predicted octanol–water partition coefficient (Wildman–Crippen LogP) is 3.44. The Balaban J connectivity index is 1.57. The van der Waals surface area contributed by atoms with Gasteiger partial charge in [-0.1, -0.05) is 6.92 Å². The Morgan fingerprint density at radius 1 is 1.18 bits per heavy atom. The summed E-state index contributed by atoms with van der Waals surface area (Å²) in [4.78, 5) is 12.6. The fourth-order valence-electron chi connectivity index (χ4n) is 3.42. The molecular formula is C19H20N4O3S2. The van der Waals surface area contributed by atoms with E-state index >= 15 is 0 Å². The van der Waals surface area contributed by atoms with E-state index in [9.17, 15) is 13.2 Å². The maximum atomic E-state index is 12.6. The summed E-state index contributed by atoms with van der Waals surface area (Å²) in [6, 6.07) is 10.6. The molecule has 0 atom stereocenters. The second-order valence-electron chi connectivity index (χ2n) is 6.76. The molecule has 0 fully saturated rings. The molecule has 1 aromatic heterocycles. The Morgan fingerprint density at radius 2 is 2.00 bits per heavy atom. The molecule has 28 heavy (non-hydrogen) atoms. The van der Waals surface area contributed by atoms with Crippen molar-refractivity contribution in [3.8, 4) is 0 Å². The van der Waals surface area contributed by atoms with Crippen LogP contribution in [0, 0.1) is 0 Å². The standard InChI is InChI=1S/C19H20N4O3S2/c1-2-10-28(25,26)23-9-3-4-13-11-15(6-8-18(13)23)20-19(24)14-5-7-16-17(12-14)22-27-21-16/h5-8,11-12H,2-4,9-10H2,1H3,(H,20,24). The van der Waals surface area contributed by atoms with Gasteiger partial charge in [0, 0.05) is 17.8 Å². The monoisotopic (exact) mass is 416 g/mol. The predicted molar refractivity (Wildman–Crippen MR) is 112 cm³/mol. The molecule has 1 N–H and O–H groups in total. The second kappa shape index (κ2) is 7.48. The average Bonchev–Trinajstić information content (AvgIpc) is 3.15. The number of benzene rings is 2. The molecule has 0 saturated heterocycles. The minimum Gasteiger partial charge on any atom is -0.322 e. The van der Waals surface area contributed by atoms with E-state index in [0.717, 1.165) is 35.6 Å². The fraction of sp³-hybridized carbons (Fsp3) is 0.316. The quantitative estimate of drug-likeness (QED) is 0.688. The third kappa shape index (κ3) is 3.59. The lowest BCUT2D eigenvalue weighted by atomic mass is 10.0. The first kappa shape index (κ1) is 18.8. The molecule has 2 aromatic carbocycles. The number of sulfonamides is 1. The smallest absolute Gasteiger partial charge is 0.255 e. The van der Waals surface area contributed by atoms with Crippen LogP contribution in [0.2, 0.25) is 0 Å². The van der Waals surface area contributed by atoms with E-state index in [1.807, 2.05) is 13.0 Å². The highest BCUT2D eigenvalue weighted by molar-refractivity contribution is 7.92. The summed E-state index contributed by atoms with van der Waals surface area (Å²) in [6.07, 6.45) is 2.13. The van der Waals surface area contributed by atoms with Crippen molar-refractivity contribution in [2.45, 2.75) is 26.2 Å². The molecule has 7 nitrogen and oxygen atoms in total. The van der Waals surface area contributed by atoms with Gasteiger partial charge in [-0.05, 0) is 61.2 Å². The van der Waals surface area contributed by atoms with Crippen LogP contribution >= 0.6 is 11.7 Å². The summed E-state index contributed by atoms with van der Waals surface area (Å²) in [6.45, 7) is 2.36. The first-order chi connectivity index (χ1) is 13.5. The molecule has 1 aliphatic heterocycles. The summed E-state index contributed by atoms with van der Waals surface area (Å²) in [5, 5.41) is 2.89. The molecule has 0 unspecified atom stereocenters. The van der Waals surface area contributed by atoms with Crippen molar-refractivity contribution in [1.82, 2.24) is 8.75 Å². The van der Waals surface area contributed by atoms with Gasteiger partial charge in [0.05, 0.1) is 23.2 Å². The molecule has 1 amide bonds. The Kier molecular flexibility index (Phi) is 5.03. The van der Waals surface area contributed by atoms with Crippen LogP contribution in [-0.4, -0.2) is 35.4 Å². The lowest BCUT2D eigenvalue weighted by molar-refractivity contribution is 0.102. The summed E-state index contributed by atoms with van der Waals surface area (Å²) < 4.78 is 34.9. The number of hydrogen-bond acceptors (Lipinski definition) is 6. The Hall–Kier alpha value is -2.52. The zero-order chi connectivity index (χ0) is 19.7. The van der Waals surface area contributed by atoms with Gasteiger partial charge in [-0.3, -0.25) is 9.10 Å². The topological polar surface area (TPSA) is 92.3 Å². The minimum absolute atomic E-state index is 0.138. The zero-order valence-electron chi connectivity index (χ0n) is 15.4. The van der Waals surface area contributed by atoms with Crippen molar-refractivity contribution >= 4 is 50.1 Å². The van der Waals surface area contributed by atoms with Gasteiger partial charge >= 0.3 is 0 Å². The molecule has 2 heterocycles. The van der Waals surface area contributed by atoms with E-state index in [2.05, 4.69) is 14.1 Å². The summed E-state index contributed by atoms with van der Waals surface area (Å²) >= 11 is 1.11. The van der Waals surface area contributed by atoms with E-state index in [0.29, 0.717) is 35.4 Å². The minimum atomic E-state index is -3.31.